The van der Waals surface area contributed by atoms with Crippen molar-refractivity contribution < 1.29 is 13.9 Å². The van der Waals surface area contributed by atoms with Gasteiger partial charge in [0.05, 0.1) is 12.9 Å². The van der Waals surface area contributed by atoms with Gasteiger partial charge in [0, 0.05) is 38.8 Å². The van der Waals surface area contributed by atoms with Crippen LogP contribution in [-0.4, -0.2) is 12.5 Å². The number of carbonyl (C=O) groups excluding carboxylic acids is 1. The lowest BCUT2D eigenvalue weighted by Gasteiger charge is -2.12. The Kier molecular flexibility index (Phi) is 6.23. The van der Waals surface area contributed by atoms with Crippen LogP contribution in [0.1, 0.15) is 19.4 Å². The topological polar surface area (TPSA) is 51.5 Å². The summed E-state index contributed by atoms with van der Waals surface area (Å²) in [5.41, 5.74) is 5.22. The van der Waals surface area contributed by atoms with E-state index in [1.165, 1.54) is 0 Å². The summed E-state index contributed by atoms with van der Waals surface area (Å²) in [6.45, 7) is 4.36. The molecule has 0 fully saturated rings. The van der Waals surface area contributed by atoms with E-state index in [2.05, 4.69) is 33.4 Å². The predicted octanol–water partition coefficient (Wildman–Crippen LogP) is 7.30. The predicted molar refractivity (Wildman–Crippen MR) is 129 cm³/mol. The monoisotopic (exact) mass is 475 g/mol. The maximum absolute atomic E-state index is 12.6. The fourth-order valence-electron chi connectivity index (χ4n) is 3.50. The van der Waals surface area contributed by atoms with Crippen LogP contribution < -0.4 is 10.1 Å². The van der Waals surface area contributed by atoms with Gasteiger partial charge in [0.2, 0.25) is 5.91 Å². The van der Waals surface area contributed by atoms with Crippen molar-refractivity contribution in [2.75, 3.05) is 11.9 Å². The molecular weight excluding hydrogens is 454 g/mol. The molecular formula is C26H22BrNO3. The normalized spacial score (nSPS) is 11.5. The van der Waals surface area contributed by atoms with Crippen LogP contribution in [0.5, 0.6) is 5.75 Å². The van der Waals surface area contributed by atoms with Crippen LogP contribution in [0.15, 0.2) is 88.0 Å². The summed E-state index contributed by atoms with van der Waals surface area (Å²) in [6.07, 6.45) is 3.35. The Labute approximate surface area is 189 Å². The quantitative estimate of drug-likeness (QED) is 0.297. The van der Waals surface area contributed by atoms with Gasteiger partial charge >= 0.3 is 0 Å². The molecule has 1 heterocycles. The summed E-state index contributed by atoms with van der Waals surface area (Å²) in [6, 6.07) is 21.5. The zero-order valence-electron chi connectivity index (χ0n) is 17.3. The Morgan fingerprint density at radius 3 is 2.65 bits per heavy atom. The molecule has 4 aromatic rings. The van der Waals surface area contributed by atoms with Crippen molar-refractivity contribution >= 4 is 44.1 Å². The first kappa shape index (κ1) is 20.9. The highest BCUT2D eigenvalue weighted by molar-refractivity contribution is 9.10. The highest BCUT2D eigenvalue weighted by Crippen LogP contribution is 2.37. The van der Waals surface area contributed by atoms with Crippen LogP contribution in [-0.2, 0) is 4.79 Å². The van der Waals surface area contributed by atoms with Gasteiger partial charge in [0.25, 0.3) is 0 Å². The summed E-state index contributed by atoms with van der Waals surface area (Å²) in [5.74, 6) is 0.488. The van der Waals surface area contributed by atoms with Gasteiger partial charge in [-0.2, -0.15) is 0 Å². The second-order valence-electron chi connectivity index (χ2n) is 7.12. The number of nitrogens with one attached hydrogen (secondary N) is 1. The Morgan fingerprint density at radius 2 is 1.90 bits per heavy atom. The zero-order valence-corrected chi connectivity index (χ0v) is 18.9. The van der Waals surface area contributed by atoms with Crippen LogP contribution in [0.2, 0.25) is 0 Å². The minimum Gasteiger partial charge on any atom is -0.493 e. The highest BCUT2D eigenvalue weighted by Gasteiger charge is 2.15. The highest BCUT2D eigenvalue weighted by atomic mass is 79.9. The maximum Gasteiger partial charge on any atom is 0.248 e. The molecule has 156 valence electrons. The van der Waals surface area contributed by atoms with E-state index in [1.54, 1.807) is 12.3 Å². The van der Waals surface area contributed by atoms with Crippen LogP contribution in [0, 0.1) is 0 Å². The van der Waals surface area contributed by atoms with Gasteiger partial charge in [0.1, 0.15) is 11.3 Å². The summed E-state index contributed by atoms with van der Waals surface area (Å²) in [7, 11) is 0. The lowest BCUT2D eigenvalue weighted by Crippen LogP contribution is -2.08. The molecule has 0 saturated heterocycles. The van der Waals surface area contributed by atoms with E-state index < -0.39 is 0 Å². The molecule has 5 heteroatoms. The molecule has 0 atom stereocenters. The Hall–Kier alpha value is -3.31. The second-order valence-corrected chi connectivity index (χ2v) is 8.04. The van der Waals surface area contributed by atoms with Crippen LogP contribution in [0.25, 0.3) is 27.7 Å². The first-order chi connectivity index (χ1) is 15.0. The number of fused-ring (bicyclic) bond motifs is 1. The number of furan rings is 1. The minimum absolute atomic E-state index is 0.200. The zero-order chi connectivity index (χ0) is 21.8. The van der Waals surface area contributed by atoms with Gasteiger partial charge in [-0.15, -0.1) is 0 Å². The van der Waals surface area contributed by atoms with E-state index in [9.17, 15) is 4.79 Å². The summed E-state index contributed by atoms with van der Waals surface area (Å²) in [4.78, 5) is 12.6. The van der Waals surface area contributed by atoms with Gasteiger partial charge in [-0.3, -0.25) is 4.79 Å². The third kappa shape index (κ3) is 4.72. The van der Waals surface area contributed by atoms with Gasteiger partial charge in [-0.25, -0.2) is 0 Å². The summed E-state index contributed by atoms with van der Waals surface area (Å²) >= 11 is 3.42. The lowest BCUT2D eigenvalue weighted by atomic mass is 9.99. The average Bonchev–Trinajstić information content (AvgIpc) is 3.17. The van der Waals surface area contributed by atoms with E-state index in [0.29, 0.717) is 12.4 Å². The first-order valence-electron chi connectivity index (χ1n) is 10.0. The SMILES string of the molecule is CCOc1cc2occ(-c3ccccc3)c2cc1/C(C)=C/C(=O)Nc1cccc(Br)c1. The molecule has 3 aromatic carbocycles. The van der Waals surface area contributed by atoms with E-state index >= 15 is 0 Å². The van der Waals surface area contributed by atoms with Crippen molar-refractivity contribution in [3.05, 3.63) is 89.1 Å². The van der Waals surface area contributed by atoms with Crippen molar-refractivity contribution in [1.82, 2.24) is 0 Å². The maximum atomic E-state index is 12.6. The molecule has 0 spiro atoms. The molecule has 4 rings (SSSR count). The number of halogens is 1. The van der Waals surface area contributed by atoms with Crippen LogP contribution in [0.3, 0.4) is 0 Å². The fraction of sp³-hybridized carbons (Fsp3) is 0.115. The number of rotatable bonds is 6. The van der Waals surface area contributed by atoms with E-state index in [-0.39, 0.29) is 5.91 Å². The van der Waals surface area contributed by atoms with Gasteiger partial charge in [-0.05, 0) is 49.2 Å². The van der Waals surface area contributed by atoms with E-state index in [4.69, 9.17) is 9.15 Å². The minimum atomic E-state index is -0.200. The molecule has 0 aliphatic heterocycles. The number of ether oxygens (including phenoxy) is 1. The lowest BCUT2D eigenvalue weighted by molar-refractivity contribution is -0.111. The molecule has 1 amide bonds. The number of amides is 1. The van der Waals surface area contributed by atoms with E-state index in [1.807, 2.05) is 68.4 Å². The summed E-state index contributed by atoms with van der Waals surface area (Å²) in [5, 5.41) is 3.88. The van der Waals surface area contributed by atoms with Crippen molar-refractivity contribution in [2.24, 2.45) is 0 Å². The fourth-order valence-corrected chi connectivity index (χ4v) is 3.90. The van der Waals surface area contributed by atoms with E-state index in [0.717, 1.165) is 43.4 Å². The number of hydrogen-bond donors (Lipinski definition) is 1. The molecule has 1 N–H and O–H groups in total. The van der Waals surface area contributed by atoms with Gasteiger partial charge in [-0.1, -0.05) is 52.3 Å². The number of benzene rings is 3. The Morgan fingerprint density at radius 1 is 1.10 bits per heavy atom. The third-order valence-electron chi connectivity index (χ3n) is 4.92. The van der Waals surface area contributed by atoms with Crippen molar-refractivity contribution in [1.29, 1.82) is 0 Å². The Bertz CT molecular complexity index is 1260. The molecule has 0 radical (unpaired) electrons. The van der Waals surface area contributed by atoms with Gasteiger partial charge < -0.3 is 14.5 Å². The molecule has 0 unspecified atom stereocenters. The van der Waals surface area contributed by atoms with Crippen molar-refractivity contribution in [3.8, 4) is 16.9 Å². The van der Waals surface area contributed by atoms with Crippen molar-refractivity contribution in [3.63, 3.8) is 0 Å². The van der Waals surface area contributed by atoms with Gasteiger partial charge in [0.15, 0.2) is 0 Å². The second kappa shape index (κ2) is 9.23. The van der Waals surface area contributed by atoms with Crippen LogP contribution >= 0.6 is 15.9 Å². The molecule has 0 aliphatic carbocycles. The number of hydrogen-bond acceptors (Lipinski definition) is 3. The number of carbonyl (C=O) groups is 1. The first-order valence-corrected chi connectivity index (χ1v) is 10.8. The molecule has 0 aliphatic rings. The molecule has 0 saturated carbocycles. The standard InChI is InChI=1S/C26H22BrNO3/c1-3-30-24-15-25-22(23(16-31-25)18-8-5-4-6-9-18)14-21(24)17(2)12-26(29)28-20-11-7-10-19(27)13-20/h4-16H,3H2,1-2H3,(H,28,29)/b17-12+. The number of anilines is 1. The largest absolute Gasteiger partial charge is 0.493 e. The molecule has 1 aromatic heterocycles. The molecule has 4 nitrogen and oxygen atoms in total. The van der Waals surface area contributed by atoms with Crippen LogP contribution in [0.4, 0.5) is 5.69 Å². The number of allylic oxidation sites excluding steroid dienone is 1. The molecule has 0 bridgehead atoms. The smallest absolute Gasteiger partial charge is 0.248 e. The molecule has 31 heavy (non-hydrogen) atoms. The third-order valence-corrected chi connectivity index (χ3v) is 5.42. The average molecular weight is 476 g/mol. The Balaban J connectivity index is 1.72. The van der Waals surface area contributed by atoms with Crippen molar-refractivity contribution in [2.45, 2.75) is 13.8 Å². The summed E-state index contributed by atoms with van der Waals surface area (Å²) < 4.78 is 12.6.